The van der Waals surface area contributed by atoms with Gasteiger partial charge >= 0.3 is 7.37 Å². The highest BCUT2D eigenvalue weighted by Gasteiger charge is 2.38. The number of rotatable bonds is 19. The van der Waals surface area contributed by atoms with Crippen molar-refractivity contribution in [1.82, 2.24) is 10.6 Å². The van der Waals surface area contributed by atoms with Crippen LogP contribution in [0.2, 0.25) is 0 Å². The van der Waals surface area contributed by atoms with E-state index in [0.717, 1.165) is 22.3 Å². The van der Waals surface area contributed by atoms with E-state index in [1.807, 2.05) is 140 Å². The van der Waals surface area contributed by atoms with Crippen LogP contribution in [0.15, 0.2) is 194 Å². The molecule has 3 amide bonds. The number of ether oxygens (including phenoxy) is 2. The summed E-state index contributed by atoms with van der Waals surface area (Å²) in [6, 6.07) is 58.1. The lowest BCUT2D eigenvalue weighted by Crippen LogP contribution is -2.49. The molecule has 7 aromatic carbocycles. The number of aryl methyl sites for hydroxylation is 1. The third-order valence-corrected chi connectivity index (χ3v) is 13.2. The molecular weight excluding hydrogens is 822 g/mol. The standard InChI is InChI=1S/C53H50N3O7P/c1-39-28-31-45(38-49(39)61-2)62-37-36-50(57)55-48(34-35-51(58)56-53(40-18-8-3-9-19-40,41-20-10-4-11-21-41)42-22-12-5-13-23-42)52(59)54-43-29-32-44(33-30-43)63-64(60,46-24-14-6-15-25-46)47-26-16-7-17-27-47/h3-33,38,48H,34-37H2,1-2H3,(H,54,59)(H,55,57)(H,56,58). The summed E-state index contributed by atoms with van der Waals surface area (Å²) in [6.45, 7) is 1.96. The van der Waals surface area contributed by atoms with Gasteiger partial charge in [0.25, 0.3) is 0 Å². The molecule has 0 spiro atoms. The van der Waals surface area contributed by atoms with Crippen molar-refractivity contribution in [3.8, 4) is 17.2 Å². The molecule has 0 radical (unpaired) electrons. The van der Waals surface area contributed by atoms with Crippen LogP contribution in [0.4, 0.5) is 5.69 Å². The van der Waals surface area contributed by atoms with Gasteiger partial charge in [0, 0.05) is 18.2 Å². The number of hydrogen-bond acceptors (Lipinski definition) is 7. The lowest BCUT2D eigenvalue weighted by molar-refractivity contribution is -0.128. The Morgan fingerprint density at radius 1 is 0.594 bits per heavy atom. The Bertz CT molecular complexity index is 2530. The van der Waals surface area contributed by atoms with E-state index in [9.17, 15) is 18.9 Å². The van der Waals surface area contributed by atoms with Gasteiger partial charge in [-0.25, -0.2) is 0 Å². The van der Waals surface area contributed by atoms with Gasteiger partial charge in [0.15, 0.2) is 0 Å². The molecule has 7 aromatic rings. The number of hydrogen-bond donors (Lipinski definition) is 3. The van der Waals surface area contributed by atoms with Crippen LogP contribution in [0, 0.1) is 6.92 Å². The third-order valence-electron chi connectivity index (χ3n) is 10.8. The van der Waals surface area contributed by atoms with Crippen LogP contribution in [-0.2, 0) is 24.5 Å². The number of carbonyl (C=O) groups excluding carboxylic acids is 3. The van der Waals surface area contributed by atoms with Gasteiger partial charge in [0.1, 0.15) is 28.8 Å². The minimum absolute atomic E-state index is 0.0214. The molecule has 0 fully saturated rings. The van der Waals surface area contributed by atoms with E-state index in [-0.39, 0.29) is 31.8 Å². The average molecular weight is 872 g/mol. The summed E-state index contributed by atoms with van der Waals surface area (Å²) in [5, 5.41) is 10.2. The average Bonchev–Trinajstić information content (AvgIpc) is 3.34. The molecule has 0 aliphatic rings. The van der Waals surface area contributed by atoms with E-state index in [0.29, 0.717) is 33.5 Å². The lowest BCUT2D eigenvalue weighted by atomic mass is 9.77. The third kappa shape index (κ3) is 10.8. The van der Waals surface area contributed by atoms with Gasteiger partial charge in [0.2, 0.25) is 17.7 Å². The predicted molar refractivity (Wildman–Crippen MR) is 252 cm³/mol. The molecule has 0 saturated heterocycles. The number of benzene rings is 7. The number of anilines is 1. The predicted octanol–water partition coefficient (Wildman–Crippen LogP) is 9.09. The maximum Gasteiger partial charge on any atom is 0.306 e. The van der Waals surface area contributed by atoms with Crippen LogP contribution in [0.25, 0.3) is 0 Å². The van der Waals surface area contributed by atoms with E-state index in [2.05, 4.69) is 16.0 Å². The van der Waals surface area contributed by atoms with E-state index in [4.69, 9.17) is 14.0 Å². The summed E-state index contributed by atoms with van der Waals surface area (Å²) in [7, 11) is -1.96. The SMILES string of the molecule is COc1cc(OCCC(=O)NC(CCC(=O)NC(c2ccccc2)(c2ccccc2)c2ccccc2)C(=O)Nc2ccc(OP(=O)(c3ccccc3)c3ccccc3)cc2)ccc1C. The smallest absolute Gasteiger partial charge is 0.306 e. The Hall–Kier alpha value is -7.42. The molecule has 64 heavy (non-hydrogen) atoms. The molecule has 3 N–H and O–H groups in total. The van der Waals surface area contributed by atoms with Crippen molar-refractivity contribution in [2.75, 3.05) is 19.0 Å². The fraction of sp³-hybridized carbons (Fsp3) is 0.151. The first-order valence-electron chi connectivity index (χ1n) is 21.0. The van der Waals surface area contributed by atoms with Crippen molar-refractivity contribution >= 4 is 41.4 Å². The van der Waals surface area contributed by atoms with Crippen LogP contribution in [0.1, 0.15) is 41.5 Å². The van der Waals surface area contributed by atoms with Gasteiger partial charge in [-0.15, -0.1) is 0 Å². The van der Waals surface area contributed by atoms with Gasteiger partial charge in [-0.1, -0.05) is 133 Å². The lowest BCUT2D eigenvalue weighted by Gasteiger charge is -2.37. The summed E-state index contributed by atoms with van der Waals surface area (Å²) in [4.78, 5) is 41.9. The van der Waals surface area contributed by atoms with Gasteiger partial charge < -0.3 is 29.9 Å². The summed E-state index contributed by atoms with van der Waals surface area (Å²) < 4.78 is 32.0. The molecular formula is C53H50N3O7P. The largest absolute Gasteiger partial charge is 0.496 e. The fourth-order valence-corrected chi connectivity index (χ4v) is 9.55. The molecule has 0 aromatic heterocycles. The quantitative estimate of drug-likeness (QED) is 0.0546. The highest BCUT2D eigenvalue weighted by molar-refractivity contribution is 7.74. The van der Waals surface area contributed by atoms with Gasteiger partial charge in [0.05, 0.1) is 30.7 Å². The van der Waals surface area contributed by atoms with Gasteiger partial charge in [-0.3, -0.25) is 18.9 Å². The van der Waals surface area contributed by atoms with E-state index in [1.165, 1.54) is 0 Å². The topological polar surface area (TPSA) is 132 Å². The Morgan fingerprint density at radius 2 is 1.08 bits per heavy atom. The molecule has 0 saturated carbocycles. The Kier molecular flexibility index (Phi) is 14.7. The molecule has 0 aliphatic heterocycles. The number of carbonyl (C=O) groups is 3. The van der Waals surface area contributed by atoms with Crippen LogP contribution in [-0.4, -0.2) is 37.5 Å². The molecule has 1 unspecified atom stereocenters. The van der Waals surface area contributed by atoms with E-state index < -0.39 is 30.8 Å². The van der Waals surface area contributed by atoms with Crippen molar-refractivity contribution in [2.24, 2.45) is 0 Å². The first-order valence-corrected chi connectivity index (χ1v) is 22.7. The van der Waals surface area contributed by atoms with Gasteiger partial charge in [-0.05, 0) is 90.2 Å². The van der Waals surface area contributed by atoms with Crippen molar-refractivity contribution in [2.45, 2.75) is 37.8 Å². The van der Waals surface area contributed by atoms with Crippen molar-refractivity contribution in [3.63, 3.8) is 0 Å². The molecule has 0 aliphatic carbocycles. The molecule has 11 heteroatoms. The summed E-state index contributed by atoms with van der Waals surface area (Å²) in [5.74, 6) is 0.236. The summed E-state index contributed by atoms with van der Waals surface area (Å²) in [5.41, 5.74) is 2.85. The van der Waals surface area contributed by atoms with Gasteiger partial charge in [-0.2, -0.15) is 0 Å². The number of nitrogens with one attached hydrogen (secondary N) is 3. The van der Waals surface area contributed by atoms with E-state index >= 15 is 0 Å². The van der Waals surface area contributed by atoms with Crippen LogP contribution >= 0.6 is 7.37 Å². The molecule has 324 valence electrons. The minimum atomic E-state index is -3.54. The highest BCUT2D eigenvalue weighted by atomic mass is 31.2. The monoisotopic (exact) mass is 871 g/mol. The molecule has 0 bridgehead atoms. The normalized spacial score (nSPS) is 11.7. The Labute approximate surface area is 374 Å². The number of methoxy groups -OCH3 is 1. The zero-order valence-corrected chi connectivity index (χ0v) is 36.6. The second-order valence-corrected chi connectivity index (χ2v) is 17.4. The van der Waals surface area contributed by atoms with Crippen LogP contribution < -0.4 is 40.6 Å². The van der Waals surface area contributed by atoms with Crippen molar-refractivity contribution in [1.29, 1.82) is 0 Å². The summed E-state index contributed by atoms with van der Waals surface area (Å²) in [6.07, 6.45) is -0.181. The van der Waals surface area contributed by atoms with E-state index in [1.54, 1.807) is 67.8 Å². The molecule has 1 atom stereocenters. The zero-order chi connectivity index (χ0) is 44.8. The van der Waals surface area contributed by atoms with Crippen molar-refractivity contribution in [3.05, 3.63) is 216 Å². The molecule has 7 rings (SSSR count). The minimum Gasteiger partial charge on any atom is -0.496 e. The van der Waals surface area contributed by atoms with Crippen LogP contribution in [0.3, 0.4) is 0 Å². The second-order valence-electron chi connectivity index (χ2n) is 15.1. The highest BCUT2D eigenvalue weighted by Crippen LogP contribution is 2.45. The maximum atomic E-state index is 14.5. The Balaban J connectivity index is 1.10. The molecule has 10 nitrogen and oxygen atoms in total. The first kappa shape index (κ1) is 44.6. The summed E-state index contributed by atoms with van der Waals surface area (Å²) >= 11 is 0. The molecule has 0 heterocycles. The van der Waals surface area contributed by atoms with Crippen LogP contribution in [0.5, 0.6) is 17.2 Å². The second kappa shape index (κ2) is 21.1. The fourth-order valence-electron chi connectivity index (χ4n) is 7.49. The number of amides is 3. The first-order chi connectivity index (χ1) is 31.2. The van der Waals surface area contributed by atoms with Crippen molar-refractivity contribution < 1.29 is 32.9 Å². The maximum absolute atomic E-state index is 14.5. The Morgan fingerprint density at radius 3 is 1.58 bits per heavy atom. The zero-order valence-electron chi connectivity index (χ0n) is 35.7.